The second-order valence-electron chi connectivity index (χ2n) is 3.47. The first-order valence-electron chi connectivity index (χ1n) is 4.95. The van der Waals surface area contributed by atoms with Crippen LogP contribution in [0.5, 0.6) is 0 Å². The fourth-order valence-electron chi connectivity index (χ4n) is 1.68. The second-order valence-corrected chi connectivity index (χ2v) is 5.26. The SMILES string of the molecule is Brc1c(-c2ccccc2)sc2ncccc12. The number of fused-ring (bicyclic) bond motifs is 1. The van der Waals surface area contributed by atoms with E-state index < -0.39 is 0 Å². The van der Waals surface area contributed by atoms with Crippen molar-refractivity contribution in [2.24, 2.45) is 0 Å². The highest BCUT2D eigenvalue weighted by Crippen LogP contribution is 2.40. The Labute approximate surface area is 106 Å². The molecular formula is C13H8BrNS. The number of nitrogens with zero attached hydrogens (tertiary/aromatic N) is 1. The number of benzene rings is 1. The van der Waals surface area contributed by atoms with Crippen molar-refractivity contribution in [1.29, 1.82) is 0 Å². The Balaban J connectivity index is 2.29. The smallest absolute Gasteiger partial charge is 0.124 e. The lowest BCUT2D eigenvalue weighted by molar-refractivity contribution is 1.44. The van der Waals surface area contributed by atoms with Crippen LogP contribution in [0.25, 0.3) is 20.7 Å². The van der Waals surface area contributed by atoms with Gasteiger partial charge in [-0.3, -0.25) is 0 Å². The maximum atomic E-state index is 4.38. The van der Waals surface area contributed by atoms with Crippen LogP contribution in [0.3, 0.4) is 0 Å². The molecule has 2 heterocycles. The summed E-state index contributed by atoms with van der Waals surface area (Å²) in [5, 5.41) is 1.19. The Morgan fingerprint density at radius 3 is 2.56 bits per heavy atom. The van der Waals surface area contributed by atoms with E-state index in [1.165, 1.54) is 15.8 Å². The number of thiophene rings is 1. The van der Waals surface area contributed by atoms with E-state index in [1.54, 1.807) is 11.3 Å². The molecule has 1 aromatic carbocycles. The highest BCUT2D eigenvalue weighted by Gasteiger charge is 2.11. The average molecular weight is 290 g/mol. The van der Waals surface area contributed by atoms with E-state index in [9.17, 15) is 0 Å². The monoisotopic (exact) mass is 289 g/mol. The maximum Gasteiger partial charge on any atom is 0.124 e. The van der Waals surface area contributed by atoms with Gasteiger partial charge in [0.2, 0.25) is 0 Å². The van der Waals surface area contributed by atoms with E-state index in [0.717, 1.165) is 9.30 Å². The first kappa shape index (κ1) is 10.00. The van der Waals surface area contributed by atoms with Crippen LogP contribution in [0.15, 0.2) is 53.1 Å². The molecule has 2 aromatic heterocycles. The third-order valence-corrected chi connectivity index (χ3v) is 4.69. The van der Waals surface area contributed by atoms with Crippen LogP contribution >= 0.6 is 27.3 Å². The lowest BCUT2D eigenvalue weighted by atomic mass is 10.2. The van der Waals surface area contributed by atoms with Crippen molar-refractivity contribution in [3.05, 3.63) is 53.1 Å². The molecule has 78 valence electrons. The van der Waals surface area contributed by atoms with Gasteiger partial charge in [0.05, 0.1) is 4.88 Å². The van der Waals surface area contributed by atoms with Gasteiger partial charge in [0, 0.05) is 16.1 Å². The second kappa shape index (κ2) is 4.00. The summed E-state index contributed by atoms with van der Waals surface area (Å²) < 4.78 is 1.15. The minimum Gasteiger partial charge on any atom is -0.245 e. The van der Waals surface area contributed by atoms with Crippen molar-refractivity contribution in [2.75, 3.05) is 0 Å². The molecule has 0 unspecified atom stereocenters. The van der Waals surface area contributed by atoms with Gasteiger partial charge in [0.15, 0.2) is 0 Å². The lowest BCUT2D eigenvalue weighted by Crippen LogP contribution is -1.71. The fraction of sp³-hybridized carbons (Fsp3) is 0. The summed E-state index contributed by atoms with van der Waals surface area (Å²) in [5.41, 5.74) is 1.23. The Bertz CT molecular complexity index is 631. The normalized spacial score (nSPS) is 10.8. The molecule has 0 atom stereocenters. The zero-order chi connectivity index (χ0) is 11.0. The van der Waals surface area contributed by atoms with Gasteiger partial charge in [-0.05, 0) is 33.6 Å². The van der Waals surface area contributed by atoms with E-state index in [4.69, 9.17) is 0 Å². The molecule has 0 aliphatic rings. The largest absolute Gasteiger partial charge is 0.245 e. The number of halogens is 1. The van der Waals surface area contributed by atoms with Crippen molar-refractivity contribution >= 4 is 37.5 Å². The summed E-state index contributed by atoms with van der Waals surface area (Å²) in [6.07, 6.45) is 1.83. The Morgan fingerprint density at radius 2 is 1.81 bits per heavy atom. The molecule has 0 fully saturated rings. The number of aromatic nitrogens is 1. The topological polar surface area (TPSA) is 12.9 Å². The summed E-state index contributed by atoms with van der Waals surface area (Å²) >= 11 is 5.38. The predicted molar refractivity (Wildman–Crippen MR) is 72.8 cm³/mol. The summed E-state index contributed by atoms with van der Waals surface area (Å²) in [4.78, 5) is 6.70. The van der Waals surface area contributed by atoms with Crippen molar-refractivity contribution in [3.63, 3.8) is 0 Å². The third-order valence-electron chi connectivity index (χ3n) is 2.44. The summed E-state index contributed by atoms with van der Waals surface area (Å²) in [7, 11) is 0. The molecular weight excluding hydrogens is 282 g/mol. The van der Waals surface area contributed by atoms with Crippen LogP contribution in [0.2, 0.25) is 0 Å². The molecule has 0 spiro atoms. The Hall–Kier alpha value is -1.19. The minimum absolute atomic E-state index is 1.08. The minimum atomic E-state index is 1.08. The van der Waals surface area contributed by atoms with Crippen molar-refractivity contribution in [1.82, 2.24) is 4.98 Å². The molecule has 0 aliphatic heterocycles. The zero-order valence-electron chi connectivity index (χ0n) is 8.35. The molecule has 3 aromatic rings. The van der Waals surface area contributed by atoms with E-state index in [-0.39, 0.29) is 0 Å². The van der Waals surface area contributed by atoms with E-state index in [1.807, 2.05) is 18.3 Å². The first-order chi connectivity index (χ1) is 7.86. The van der Waals surface area contributed by atoms with Crippen LogP contribution in [0.1, 0.15) is 0 Å². The molecule has 0 N–H and O–H groups in total. The summed E-state index contributed by atoms with van der Waals surface area (Å²) in [6.45, 7) is 0. The van der Waals surface area contributed by atoms with Crippen molar-refractivity contribution in [3.8, 4) is 10.4 Å². The van der Waals surface area contributed by atoms with Gasteiger partial charge in [0.1, 0.15) is 4.83 Å². The van der Waals surface area contributed by atoms with Gasteiger partial charge in [-0.1, -0.05) is 30.3 Å². The molecule has 16 heavy (non-hydrogen) atoms. The average Bonchev–Trinajstić information content (AvgIpc) is 2.69. The van der Waals surface area contributed by atoms with Gasteiger partial charge >= 0.3 is 0 Å². The van der Waals surface area contributed by atoms with Crippen molar-refractivity contribution in [2.45, 2.75) is 0 Å². The highest BCUT2D eigenvalue weighted by molar-refractivity contribution is 9.10. The van der Waals surface area contributed by atoms with E-state index in [2.05, 4.69) is 51.2 Å². The van der Waals surface area contributed by atoms with Crippen LogP contribution in [0, 0.1) is 0 Å². The van der Waals surface area contributed by atoms with Crippen LogP contribution in [-0.4, -0.2) is 4.98 Å². The molecule has 3 rings (SSSR count). The molecule has 3 heteroatoms. The van der Waals surface area contributed by atoms with Gasteiger partial charge in [-0.15, -0.1) is 11.3 Å². The van der Waals surface area contributed by atoms with E-state index >= 15 is 0 Å². The zero-order valence-corrected chi connectivity index (χ0v) is 10.8. The lowest BCUT2D eigenvalue weighted by Gasteiger charge is -1.96. The Morgan fingerprint density at radius 1 is 1.00 bits per heavy atom. The predicted octanol–water partition coefficient (Wildman–Crippen LogP) is 4.73. The third kappa shape index (κ3) is 1.56. The van der Waals surface area contributed by atoms with Crippen molar-refractivity contribution < 1.29 is 0 Å². The van der Waals surface area contributed by atoms with Gasteiger partial charge in [-0.25, -0.2) is 4.98 Å². The molecule has 0 aliphatic carbocycles. The van der Waals surface area contributed by atoms with Gasteiger partial charge < -0.3 is 0 Å². The molecule has 0 saturated carbocycles. The van der Waals surface area contributed by atoms with Crippen LogP contribution in [0.4, 0.5) is 0 Å². The quantitative estimate of drug-likeness (QED) is 0.631. The number of rotatable bonds is 1. The van der Waals surface area contributed by atoms with Crippen LogP contribution < -0.4 is 0 Å². The van der Waals surface area contributed by atoms with E-state index in [0.29, 0.717) is 0 Å². The van der Waals surface area contributed by atoms with Gasteiger partial charge in [0.25, 0.3) is 0 Å². The molecule has 1 nitrogen and oxygen atoms in total. The number of hydrogen-bond donors (Lipinski definition) is 0. The molecule has 0 amide bonds. The summed E-state index contributed by atoms with van der Waals surface area (Å²) in [6, 6.07) is 14.4. The maximum absolute atomic E-state index is 4.38. The first-order valence-corrected chi connectivity index (χ1v) is 6.55. The fourth-order valence-corrected chi connectivity index (χ4v) is 3.64. The van der Waals surface area contributed by atoms with Crippen LogP contribution in [-0.2, 0) is 0 Å². The standard InChI is InChI=1S/C13H8BrNS/c14-11-10-7-4-8-15-13(10)16-12(11)9-5-2-1-3-6-9/h1-8H. The number of hydrogen-bond acceptors (Lipinski definition) is 2. The Kier molecular flexibility index (Phi) is 2.50. The molecule has 0 bridgehead atoms. The summed E-state index contributed by atoms with van der Waals surface area (Å²) in [5.74, 6) is 0. The molecule has 0 saturated heterocycles. The van der Waals surface area contributed by atoms with Gasteiger partial charge in [-0.2, -0.15) is 0 Å². The molecule has 0 radical (unpaired) electrons. The highest BCUT2D eigenvalue weighted by atomic mass is 79.9. The number of pyridine rings is 1.